The van der Waals surface area contributed by atoms with Crippen LogP contribution in [-0.4, -0.2) is 16.9 Å². The normalized spacial score (nSPS) is 13.6. The predicted octanol–water partition coefficient (Wildman–Crippen LogP) is 7.43. The zero-order valence-corrected chi connectivity index (χ0v) is 23.0. The average molecular weight is 604 g/mol. The van der Waals surface area contributed by atoms with Crippen LogP contribution in [0.2, 0.25) is 5.02 Å². The van der Waals surface area contributed by atoms with E-state index < -0.39 is 11.8 Å². The predicted molar refractivity (Wildman–Crippen MR) is 158 cm³/mol. The fourth-order valence-electron chi connectivity index (χ4n) is 4.00. The van der Waals surface area contributed by atoms with Gasteiger partial charge in [0.1, 0.15) is 17.9 Å². The maximum absolute atomic E-state index is 13.8. The Morgan fingerprint density at radius 1 is 0.789 bits per heavy atom. The molecule has 5 rings (SSSR count). The first-order valence-electron chi connectivity index (χ1n) is 11.6. The van der Waals surface area contributed by atoms with Gasteiger partial charge in [-0.25, -0.2) is 0 Å². The first-order chi connectivity index (χ1) is 18.4. The summed E-state index contributed by atoms with van der Waals surface area (Å²) in [4.78, 5) is 30.3. The number of amides is 2. The SMILES string of the molecule is O=C1C(=Cc2cc(Cl)ccc2OCc2ccc(Br)cc2)C(=O)N(c2ccccc2)C(=S)N1c1ccccc1. The summed E-state index contributed by atoms with van der Waals surface area (Å²) in [6, 6.07) is 30.9. The number of thiocarbonyl (C=S) groups is 1. The first kappa shape index (κ1) is 25.9. The molecule has 0 spiro atoms. The molecule has 188 valence electrons. The Morgan fingerprint density at radius 3 is 1.89 bits per heavy atom. The van der Waals surface area contributed by atoms with Gasteiger partial charge >= 0.3 is 0 Å². The molecule has 0 radical (unpaired) electrons. The van der Waals surface area contributed by atoms with Gasteiger partial charge in [0.2, 0.25) is 0 Å². The van der Waals surface area contributed by atoms with Crippen LogP contribution in [0.4, 0.5) is 11.4 Å². The Morgan fingerprint density at radius 2 is 1.34 bits per heavy atom. The van der Waals surface area contributed by atoms with Gasteiger partial charge in [0, 0.05) is 15.1 Å². The van der Waals surface area contributed by atoms with Crippen molar-refractivity contribution < 1.29 is 14.3 Å². The van der Waals surface area contributed by atoms with E-state index in [1.807, 2.05) is 60.7 Å². The first-order valence-corrected chi connectivity index (χ1v) is 13.2. The molecule has 4 aromatic carbocycles. The highest BCUT2D eigenvalue weighted by molar-refractivity contribution is 9.10. The average Bonchev–Trinajstić information content (AvgIpc) is 2.93. The minimum Gasteiger partial charge on any atom is -0.488 e. The smallest absolute Gasteiger partial charge is 0.270 e. The van der Waals surface area contributed by atoms with Crippen LogP contribution in [0.15, 0.2) is 113 Å². The highest BCUT2D eigenvalue weighted by Crippen LogP contribution is 2.32. The zero-order chi connectivity index (χ0) is 26.6. The van der Waals surface area contributed by atoms with E-state index in [4.69, 9.17) is 28.6 Å². The summed E-state index contributed by atoms with van der Waals surface area (Å²) in [6.07, 6.45) is 1.51. The van der Waals surface area contributed by atoms with Crippen LogP contribution in [0.25, 0.3) is 6.08 Å². The van der Waals surface area contributed by atoms with Gasteiger partial charge in [-0.05, 0) is 78.5 Å². The summed E-state index contributed by atoms with van der Waals surface area (Å²) in [6.45, 7) is 0.295. The number of halogens is 2. The maximum Gasteiger partial charge on any atom is 0.270 e. The molecular formula is C30H20BrClN2O3S. The van der Waals surface area contributed by atoms with Crippen molar-refractivity contribution in [2.24, 2.45) is 0 Å². The summed E-state index contributed by atoms with van der Waals surface area (Å²) in [7, 11) is 0. The lowest BCUT2D eigenvalue weighted by Crippen LogP contribution is -2.56. The standard InChI is InChI=1S/C30H20BrClN2O3S/c31-22-13-11-20(12-14-22)19-37-27-16-15-23(32)17-21(27)18-26-28(35)33(24-7-3-1-4-8-24)30(38)34(29(26)36)25-9-5-2-6-10-25/h1-18H,19H2. The Kier molecular flexibility index (Phi) is 7.69. The summed E-state index contributed by atoms with van der Waals surface area (Å²) < 4.78 is 7.05. The Balaban J connectivity index is 1.57. The van der Waals surface area contributed by atoms with Gasteiger partial charge in [-0.2, -0.15) is 0 Å². The Labute approximate surface area is 239 Å². The number of hydrogen-bond acceptors (Lipinski definition) is 4. The number of nitrogens with zero attached hydrogens (tertiary/aromatic N) is 2. The summed E-state index contributed by atoms with van der Waals surface area (Å²) in [5.41, 5.74) is 2.50. The quantitative estimate of drug-likeness (QED) is 0.131. The molecule has 0 aliphatic carbocycles. The van der Waals surface area contributed by atoms with E-state index in [1.54, 1.807) is 42.5 Å². The molecule has 1 aliphatic rings. The molecule has 8 heteroatoms. The van der Waals surface area contributed by atoms with E-state index >= 15 is 0 Å². The van der Waals surface area contributed by atoms with Crippen molar-refractivity contribution in [2.75, 3.05) is 9.80 Å². The van der Waals surface area contributed by atoms with Crippen molar-refractivity contribution >= 4 is 74.1 Å². The summed E-state index contributed by atoms with van der Waals surface area (Å²) >= 11 is 15.4. The van der Waals surface area contributed by atoms with Crippen molar-refractivity contribution in [3.8, 4) is 5.75 Å². The number of carbonyl (C=O) groups excluding carboxylic acids is 2. The zero-order valence-electron chi connectivity index (χ0n) is 19.9. The molecule has 2 amide bonds. The molecular weight excluding hydrogens is 584 g/mol. The third-order valence-corrected chi connectivity index (χ3v) is 6.99. The molecule has 38 heavy (non-hydrogen) atoms. The highest BCUT2D eigenvalue weighted by Gasteiger charge is 2.41. The monoisotopic (exact) mass is 602 g/mol. The molecule has 0 N–H and O–H groups in total. The molecule has 0 atom stereocenters. The third-order valence-electron chi connectivity index (χ3n) is 5.86. The molecule has 4 aromatic rings. The van der Waals surface area contributed by atoms with Gasteiger partial charge < -0.3 is 4.74 Å². The Hall–Kier alpha value is -3.78. The van der Waals surface area contributed by atoms with Crippen LogP contribution in [0.1, 0.15) is 11.1 Å². The molecule has 5 nitrogen and oxygen atoms in total. The van der Waals surface area contributed by atoms with E-state index in [0.29, 0.717) is 34.3 Å². The lowest BCUT2D eigenvalue weighted by atomic mass is 10.0. The molecule has 1 saturated heterocycles. The lowest BCUT2D eigenvalue weighted by Gasteiger charge is -2.36. The van der Waals surface area contributed by atoms with Crippen molar-refractivity contribution in [3.05, 3.63) is 129 Å². The number of rotatable bonds is 6. The van der Waals surface area contributed by atoms with Gasteiger partial charge in [0.15, 0.2) is 5.11 Å². The number of benzene rings is 4. The van der Waals surface area contributed by atoms with Crippen molar-refractivity contribution in [1.29, 1.82) is 0 Å². The molecule has 1 aliphatic heterocycles. The van der Waals surface area contributed by atoms with Crippen LogP contribution in [0.5, 0.6) is 5.75 Å². The van der Waals surface area contributed by atoms with Crippen LogP contribution in [0.3, 0.4) is 0 Å². The minimum atomic E-state index is -0.530. The van der Waals surface area contributed by atoms with E-state index in [1.165, 1.54) is 15.9 Å². The Bertz CT molecular complexity index is 1480. The van der Waals surface area contributed by atoms with Crippen LogP contribution in [0, 0.1) is 0 Å². The maximum atomic E-state index is 13.8. The molecule has 0 bridgehead atoms. The lowest BCUT2D eigenvalue weighted by molar-refractivity contribution is -0.120. The van der Waals surface area contributed by atoms with Crippen molar-refractivity contribution in [2.45, 2.75) is 6.61 Å². The third kappa shape index (κ3) is 5.41. The fraction of sp³-hybridized carbons (Fsp3) is 0.0333. The van der Waals surface area contributed by atoms with Crippen molar-refractivity contribution in [3.63, 3.8) is 0 Å². The molecule has 0 unspecified atom stereocenters. The molecule has 1 heterocycles. The van der Waals surface area contributed by atoms with E-state index in [0.717, 1.165) is 10.0 Å². The van der Waals surface area contributed by atoms with Crippen molar-refractivity contribution in [1.82, 2.24) is 0 Å². The molecule has 0 saturated carbocycles. The van der Waals surface area contributed by atoms with E-state index in [2.05, 4.69) is 15.9 Å². The second kappa shape index (κ2) is 11.3. The second-order valence-electron chi connectivity index (χ2n) is 8.39. The van der Waals surface area contributed by atoms with Crippen LogP contribution in [-0.2, 0) is 16.2 Å². The number of carbonyl (C=O) groups is 2. The fourth-order valence-corrected chi connectivity index (χ4v) is 4.82. The highest BCUT2D eigenvalue weighted by atomic mass is 79.9. The van der Waals surface area contributed by atoms with E-state index in [9.17, 15) is 9.59 Å². The summed E-state index contributed by atoms with van der Waals surface area (Å²) in [5, 5.41) is 0.520. The van der Waals surface area contributed by atoms with Gasteiger partial charge in [0.05, 0.1) is 11.4 Å². The summed E-state index contributed by atoms with van der Waals surface area (Å²) in [5.74, 6) is -0.578. The second-order valence-corrected chi connectivity index (χ2v) is 10.1. The van der Waals surface area contributed by atoms with Gasteiger partial charge in [0.25, 0.3) is 11.8 Å². The van der Waals surface area contributed by atoms with Gasteiger partial charge in [-0.1, -0.05) is 76.1 Å². The molecule has 1 fully saturated rings. The molecule has 0 aromatic heterocycles. The number of ether oxygens (including phenoxy) is 1. The number of hydrogen-bond donors (Lipinski definition) is 0. The van der Waals surface area contributed by atoms with Crippen LogP contribution >= 0.6 is 39.7 Å². The van der Waals surface area contributed by atoms with E-state index in [-0.39, 0.29) is 10.7 Å². The van der Waals surface area contributed by atoms with Crippen LogP contribution < -0.4 is 14.5 Å². The minimum absolute atomic E-state index is 0.0675. The van der Waals surface area contributed by atoms with Gasteiger partial charge in [-0.3, -0.25) is 19.4 Å². The van der Waals surface area contributed by atoms with Gasteiger partial charge in [-0.15, -0.1) is 0 Å². The number of anilines is 2. The number of para-hydroxylation sites is 2. The largest absolute Gasteiger partial charge is 0.488 e. The topological polar surface area (TPSA) is 49.9 Å².